The van der Waals surface area contributed by atoms with Gasteiger partial charge in [-0.05, 0) is 51.9 Å². The van der Waals surface area contributed by atoms with E-state index in [2.05, 4.69) is 38.6 Å². The lowest BCUT2D eigenvalue weighted by atomic mass is 10.2. The zero-order chi connectivity index (χ0) is 15.5. The lowest BCUT2D eigenvalue weighted by Crippen LogP contribution is -2.43. The van der Waals surface area contributed by atoms with Crippen LogP contribution in [0.15, 0.2) is 12.3 Å². The van der Waals surface area contributed by atoms with Gasteiger partial charge in [-0.15, -0.1) is 4.72 Å². The molecule has 0 aromatic carbocycles. The summed E-state index contributed by atoms with van der Waals surface area (Å²) in [6.07, 6.45) is 3.71. The molecule has 0 aliphatic heterocycles. The largest absolute Gasteiger partial charge is 0.598 e. The first-order chi connectivity index (χ1) is 8.27. The van der Waals surface area contributed by atoms with E-state index in [1.54, 1.807) is 6.26 Å². The van der Waals surface area contributed by atoms with Crippen molar-refractivity contribution in [2.45, 2.75) is 77.4 Å². The molecule has 0 radical (unpaired) electrons. The van der Waals surface area contributed by atoms with Gasteiger partial charge in [0, 0.05) is 11.4 Å². The van der Waals surface area contributed by atoms with E-state index in [9.17, 15) is 4.55 Å². The highest BCUT2D eigenvalue weighted by Crippen LogP contribution is 2.36. The fourth-order valence-electron chi connectivity index (χ4n) is 0.889. The second-order valence-electron chi connectivity index (χ2n) is 7.49. The van der Waals surface area contributed by atoms with E-state index >= 15 is 0 Å². The van der Waals surface area contributed by atoms with Crippen LogP contribution >= 0.6 is 0 Å². The highest BCUT2D eigenvalue weighted by Gasteiger charge is 2.38. The molecule has 0 amide bonds. The minimum absolute atomic E-state index is 0.0322. The molecule has 0 bridgehead atoms. The van der Waals surface area contributed by atoms with Gasteiger partial charge in [0.2, 0.25) is 8.32 Å². The third kappa shape index (κ3) is 6.84. The van der Waals surface area contributed by atoms with Crippen LogP contribution in [-0.2, 0) is 15.8 Å². The molecule has 5 heteroatoms. The Labute approximate surface area is 123 Å². The van der Waals surface area contributed by atoms with Crippen LogP contribution in [0.25, 0.3) is 0 Å². The molecule has 3 nitrogen and oxygen atoms in total. The van der Waals surface area contributed by atoms with Crippen molar-refractivity contribution in [2.75, 3.05) is 0 Å². The Hall–Kier alpha value is 0.0269. The molecule has 0 heterocycles. The van der Waals surface area contributed by atoms with E-state index < -0.39 is 19.7 Å². The van der Waals surface area contributed by atoms with Crippen molar-refractivity contribution in [3.8, 4) is 0 Å². The summed E-state index contributed by atoms with van der Waals surface area (Å²) in [5, 5.41) is 0.197. The monoisotopic (exact) mass is 305 g/mol. The molecule has 0 aromatic rings. The summed E-state index contributed by atoms with van der Waals surface area (Å²) in [4.78, 5) is 0. The Bertz CT molecular complexity index is 306. The molecule has 0 saturated carbocycles. The standard InChI is InChI=1S/C14H31NO2SSi/c1-12(15-18(16)13(2,3)4)10-11-17-19(8,9)14(5,6)7/h10-12,15H,1-9H3. The van der Waals surface area contributed by atoms with Gasteiger partial charge in [0.25, 0.3) is 0 Å². The molecule has 0 aliphatic carbocycles. The molecule has 19 heavy (non-hydrogen) atoms. The first-order valence-corrected chi connectivity index (χ1v) is 10.9. The summed E-state index contributed by atoms with van der Waals surface area (Å²) in [5.41, 5.74) is 0. The maximum atomic E-state index is 11.9. The Morgan fingerprint density at radius 2 is 1.63 bits per heavy atom. The number of hydrogen-bond acceptors (Lipinski definition) is 3. The maximum absolute atomic E-state index is 11.9. The highest BCUT2D eigenvalue weighted by atomic mass is 32.2. The van der Waals surface area contributed by atoms with Crippen molar-refractivity contribution in [1.29, 1.82) is 0 Å². The molecular formula is C14H31NO2SSi. The average molecular weight is 306 g/mol. The maximum Gasteiger partial charge on any atom is 0.249 e. The summed E-state index contributed by atoms with van der Waals surface area (Å²) in [7, 11) is -1.74. The minimum Gasteiger partial charge on any atom is -0.598 e. The van der Waals surface area contributed by atoms with Crippen molar-refractivity contribution in [3.63, 3.8) is 0 Å². The molecule has 0 aliphatic rings. The Kier molecular flexibility index (Phi) is 6.66. The molecule has 0 saturated heterocycles. The second-order valence-corrected chi connectivity index (χ2v) is 14.2. The average Bonchev–Trinajstić information content (AvgIpc) is 2.13. The topological polar surface area (TPSA) is 44.3 Å². The summed E-state index contributed by atoms with van der Waals surface area (Å²) >= 11 is -1.05. The van der Waals surface area contributed by atoms with E-state index in [1.807, 2.05) is 33.8 Å². The van der Waals surface area contributed by atoms with Crippen molar-refractivity contribution in [1.82, 2.24) is 4.72 Å². The molecule has 2 atom stereocenters. The van der Waals surface area contributed by atoms with Crippen LogP contribution < -0.4 is 4.72 Å². The van der Waals surface area contributed by atoms with Crippen LogP contribution in [-0.4, -0.2) is 23.7 Å². The van der Waals surface area contributed by atoms with Crippen LogP contribution in [0.3, 0.4) is 0 Å². The van der Waals surface area contributed by atoms with Crippen molar-refractivity contribution in [3.05, 3.63) is 12.3 Å². The lowest BCUT2D eigenvalue weighted by molar-refractivity contribution is 0.426. The first kappa shape index (κ1) is 19.0. The smallest absolute Gasteiger partial charge is 0.249 e. The predicted molar refractivity (Wildman–Crippen MR) is 87.9 cm³/mol. The van der Waals surface area contributed by atoms with Gasteiger partial charge in [0.1, 0.15) is 4.75 Å². The zero-order valence-electron chi connectivity index (χ0n) is 14.0. The summed E-state index contributed by atoms with van der Waals surface area (Å²) in [5.74, 6) is 0. The number of rotatable bonds is 5. The number of hydrogen-bond donors (Lipinski definition) is 1. The van der Waals surface area contributed by atoms with Crippen LogP contribution in [0.4, 0.5) is 0 Å². The number of nitrogens with one attached hydrogen (secondary N) is 1. The molecule has 2 unspecified atom stereocenters. The molecule has 0 fully saturated rings. The van der Waals surface area contributed by atoms with Crippen molar-refractivity contribution < 1.29 is 8.98 Å². The molecule has 0 spiro atoms. The van der Waals surface area contributed by atoms with E-state index in [-0.39, 0.29) is 15.8 Å². The SMILES string of the molecule is CC(C=CO[Si](C)(C)C(C)(C)C)N[S+]([O-])C(C)(C)C. The fourth-order valence-corrected chi connectivity index (χ4v) is 2.43. The third-order valence-corrected chi connectivity index (χ3v) is 9.42. The van der Waals surface area contributed by atoms with Crippen LogP contribution in [0, 0.1) is 0 Å². The summed E-state index contributed by atoms with van der Waals surface area (Å²) in [6, 6.07) is 0.0322. The molecular weight excluding hydrogens is 274 g/mol. The van der Waals surface area contributed by atoms with Crippen LogP contribution in [0.1, 0.15) is 48.5 Å². The van der Waals surface area contributed by atoms with Crippen molar-refractivity contribution >= 4 is 19.7 Å². The van der Waals surface area contributed by atoms with Crippen LogP contribution in [0.5, 0.6) is 0 Å². The van der Waals surface area contributed by atoms with Gasteiger partial charge < -0.3 is 8.98 Å². The van der Waals surface area contributed by atoms with E-state index in [1.165, 1.54) is 0 Å². The quantitative estimate of drug-likeness (QED) is 0.475. The predicted octanol–water partition coefficient (Wildman–Crippen LogP) is 3.96. The van der Waals surface area contributed by atoms with Gasteiger partial charge in [-0.25, -0.2) is 0 Å². The molecule has 0 aromatic heterocycles. The van der Waals surface area contributed by atoms with Gasteiger partial charge >= 0.3 is 0 Å². The van der Waals surface area contributed by atoms with E-state index in [0.29, 0.717) is 0 Å². The highest BCUT2D eigenvalue weighted by molar-refractivity contribution is 7.90. The lowest BCUT2D eigenvalue weighted by Gasteiger charge is -2.35. The van der Waals surface area contributed by atoms with Crippen LogP contribution in [0.2, 0.25) is 18.1 Å². The van der Waals surface area contributed by atoms with Gasteiger partial charge in [-0.1, -0.05) is 20.8 Å². The van der Waals surface area contributed by atoms with E-state index in [0.717, 1.165) is 0 Å². The Balaban J connectivity index is 4.36. The van der Waals surface area contributed by atoms with E-state index in [4.69, 9.17) is 4.43 Å². The van der Waals surface area contributed by atoms with Gasteiger partial charge in [-0.2, -0.15) is 0 Å². The molecule has 114 valence electrons. The molecule has 1 N–H and O–H groups in total. The summed E-state index contributed by atoms with van der Waals surface area (Å²) in [6.45, 7) is 18.9. The third-order valence-electron chi connectivity index (χ3n) is 3.39. The summed E-state index contributed by atoms with van der Waals surface area (Å²) < 4.78 is 20.7. The van der Waals surface area contributed by atoms with Gasteiger partial charge in [0.15, 0.2) is 0 Å². The molecule has 0 rings (SSSR count). The normalized spacial score (nSPS) is 17.6. The van der Waals surface area contributed by atoms with Crippen molar-refractivity contribution in [2.24, 2.45) is 0 Å². The first-order valence-electron chi connectivity index (χ1n) is 6.80. The fraction of sp³-hybridized carbons (Fsp3) is 0.857. The minimum atomic E-state index is -1.74. The van der Waals surface area contributed by atoms with Gasteiger partial charge in [-0.3, -0.25) is 0 Å². The second kappa shape index (κ2) is 6.65. The Morgan fingerprint density at radius 1 is 1.16 bits per heavy atom. The van der Waals surface area contributed by atoms with Gasteiger partial charge in [0.05, 0.1) is 12.3 Å². The Morgan fingerprint density at radius 3 is 2.00 bits per heavy atom. The zero-order valence-corrected chi connectivity index (χ0v) is 15.8.